The summed E-state index contributed by atoms with van der Waals surface area (Å²) < 4.78 is 13.2. The Morgan fingerprint density at radius 2 is 2.07 bits per heavy atom. The van der Waals surface area contributed by atoms with Gasteiger partial charge in [-0.2, -0.15) is 0 Å². The Kier molecular flexibility index (Phi) is 5.33. The third-order valence-corrected chi connectivity index (χ3v) is 2.48. The molecule has 0 saturated carbocycles. The van der Waals surface area contributed by atoms with Crippen molar-refractivity contribution in [2.45, 2.75) is 33.1 Å². The molecule has 15 heavy (non-hydrogen) atoms. The lowest BCUT2D eigenvalue weighted by Gasteiger charge is -2.04. The molecule has 0 unspecified atom stereocenters. The van der Waals surface area contributed by atoms with E-state index in [0.29, 0.717) is 0 Å². The van der Waals surface area contributed by atoms with Gasteiger partial charge in [-0.3, -0.25) is 0 Å². The van der Waals surface area contributed by atoms with Gasteiger partial charge < -0.3 is 5.32 Å². The summed E-state index contributed by atoms with van der Waals surface area (Å²) in [7, 11) is 0. The molecule has 0 aliphatic heterocycles. The quantitative estimate of drug-likeness (QED) is 0.710. The Labute approximate surface area is 91.7 Å². The summed E-state index contributed by atoms with van der Waals surface area (Å²) >= 11 is 0. The lowest BCUT2D eigenvalue weighted by atomic mass is 10.1. The lowest BCUT2D eigenvalue weighted by Crippen LogP contribution is -2.16. The van der Waals surface area contributed by atoms with Gasteiger partial charge in [-0.1, -0.05) is 19.1 Å². The van der Waals surface area contributed by atoms with E-state index >= 15 is 0 Å². The lowest BCUT2D eigenvalue weighted by molar-refractivity contribution is 0.611. The molecule has 1 rings (SSSR count). The van der Waals surface area contributed by atoms with E-state index in [4.69, 9.17) is 0 Å². The highest BCUT2D eigenvalue weighted by Crippen LogP contribution is 2.10. The molecule has 0 aromatic heterocycles. The van der Waals surface area contributed by atoms with E-state index in [1.54, 1.807) is 13.0 Å². The smallest absolute Gasteiger partial charge is 0.126 e. The van der Waals surface area contributed by atoms with E-state index in [2.05, 4.69) is 12.2 Å². The molecule has 0 heterocycles. The summed E-state index contributed by atoms with van der Waals surface area (Å²) in [5, 5.41) is 3.34. The van der Waals surface area contributed by atoms with Crippen LogP contribution in [0.4, 0.5) is 4.39 Å². The molecular weight excluding hydrogens is 189 g/mol. The summed E-state index contributed by atoms with van der Waals surface area (Å²) in [6, 6.07) is 5.51. The first-order chi connectivity index (χ1) is 7.24. The van der Waals surface area contributed by atoms with E-state index in [1.165, 1.54) is 6.42 Å². The number of hydrogen-bond donors (Lipinski definition) is 1. The molecule has 1 aromatic carbocycles. The van der Waals surface area contributed by atoms with Crippen LogP contribution >= 0.6 is 0 Å². The largest absolute Gasteiger partial charge is 0.317 e. The van der Waals surface area contributed by atoms with Crippen LogP contribution in [0.3, 0.4) is 0 Å². The summed E-state index contributed by atoms with van der Waals surface area (Å²) in [5.41, 5.74) is 1.82. The topological polar surface area (TPSA) is 12.0 Å². The zero-order valence-electron chi connectivity index (χ0n) is 9.65. The van der Waals surface area contributed by atoms with Gasteiger partial charge in [-0.05, 0) is 56.5 Å². The number of aryl methyl sites for hydroxylation is 2. The number of hydrogen-bond acceptors (Lipinski definition) is 1. The molecule has 0 amide bonds. The van der Waals surface area contributed by atoms with E-state index in [0.717, 1.165) is 37.1 Å². The maximum absolute atomic E-state index is 13.2. The molecule has 0 fully saturated rings. The van der Waals surface area contributed by atoms with Crippen LogP contribution in [-0.4, -0.2) is 13.1 Å². The van der Waals surface area contributed by atoms with E-state index in [9.17, 15) is 4.39 Å². The van der Waals surface area contributed by atoms with Crippen LogP contribution in [-0.2, 0) is 6.42 Å². The van der Waals surface area contributed by atoms with Gasteiger partial charge in [-0.15, -0.1) is 0 Å². The van der Waals surface area contributed by atoms with Crippen molar-refractivity contribution in [2.24, 2.45) is 0 Å². The first-order valence-electron chi connectivity index (χ1n) is 5.69. The van der Waals surface area contributed by atoms with Crippen molar-refractivity contribution in [3.63, 3.8) is 0 Å². The molecule has 0 saturated heterocycles. The Bertz CT molecular complexity index is 297. The molecule has 2 heteroatoms. The van der Waals surface area contributed by atoms with Crippen molar-refractivity contribution < 1.29 is 4.39 Å². The summed E-state index contributed by atoms with van der Waals surface area (Å²) in [6.07, 6.45) is 3.19. The second-order valence-electron chi connectivity index (χ2n) is 3.94. The molecule has 0 aliphatic carbocycles. The van der Waals surface area contributed by atoms with Crippen LogP contribution in [0, 0.1) is 12.7 Å². The maximum atomic E-state index is 13.2. The number of rotatable bonds is 6. The van der Waals surface area contributed by atoms with Gasteiger partial charge in [0.05, 0.1) is 0 Å². The average molecular weight is 209 g/mol. The highest BCUT2D eigenvalue weighted by Gasteiger charge is 1.98. The number of halogens is 1. The van der Waals surface area contributed by atoms with Gasteiger partial charge in [0.15, 0.2) is 0 Å². The molecule has 1 nitrogen and oxygen atoms in total. The van der Waals surface area contributed by atoms with Crippen molar-refractivity contribution in [3.8, 4) is 0 Å². The van der Waals surface area contributed by atoms with Crippen LogP contribution in [0.15, 0.2) is 18.2 Å². The van der Waals surface area contributed by atoms with Crippen LogP contribution < -0.4 is 5.32 Å². The van der Waals surface area contributed by atoms with Crippen LogP contribution in [0.2, 0.25) is 0 Å². The minimum atomic E-state index is -0.0889. The van der Waals surface area contributed by atoms with Gasteiger partial charge in [0.1, 0.15) is 5.82 Å². The molecule has 0 aliphatic rings. The predicted octanol–water partition coefficient (Wildman–Crippen LogP) is 3.07. The summed E-state index contributed by atoms with van der Waals surface area (Å²) in [4.78, 5) is 0. The molecule has 1 aromatic rings. The summed E-state index contributed by atoms with van der Waals surface area (Å²) in [5.74, 6) is -0.0889. The number of benzene rings is 1. The van der Waals surface area contributed by atoms with E-state index in [-0.39, 0.29) is 5.82 Å². The van der Waals surface area contributed by atoms with Gasteiger partial charge in [-0.25, -0.2) is 4.39 Å². The van der Waals surface area contributed by atoms with E-state index < -0.39 is 0 Å². The van der Waals surface area contributed by atoms with Crippen LogP contribution in [0.1, 0.15) is 30.9 Å². The Morgan fingerprint density at radius 3 is 2.73 bits per heavy atom. The Balaban J connectivity index is 2.28. The van der Waals surface area contributed by atoms with Gasteiger partial charge in [0.2, 0.25) is 0 Å². The molecular formula is C13H20FN. The van der Waals surface area contributed by atoms with Gasteiger partial charge in [0.25, 0.3) is 0 Å². The van der Waals surface area contributed by atoms with Gasteiger partial charge >= 0.3 is 0 Å². The average Bonchev–Trinajstić information content (AvgIpc) is 2.23. The van der Waals surface area contributed by atoms with Crippen molar-refractivity contribution >= 4 is 0 Å². The zero-order valence-corrected chi connectivity index (χ0v) is 9.65. The van der Waals surface area contributed by atoms with Gasteiger partial charge in [0, 0.05) is 0 Å². The van der Waals surface area contributed by atoms with Crippen LogP contribution in [0.25, 0.3) is 0 Å². The molecule has 0 radical (unpaired) electrons. The first-order valence-corrected chi connectivity index (χ1v) is 5.69. The monoisotopic (exact) mass is 209 g/mol. The first kappa shape index (κ1) is 12.2. The Hall–Kier alpha value is -0.890. The highest BCUT2D eigenvalue weighted by atomic mass is 19.1. The maximum Gasteiger partial charge on any atom is 0.126 e. The minimum Gasteiger partial charge on any atom is -0.317 e. The third-order valence-electron chi connectivity index (χ3n) is 2.48. The van der Waals surface area contributed by atoms with Crippen molar-refractivity contribution in [1.29, 1.82) is 0 Å². The van der Waals surface area contributed by atoms with E-state index in [1.807, 2.05) is 12.1 Å². The predicted molar refractivity (Wildman–Crippen MR) is 62.6 cm³/mol. The standard InChI is InChI=1S/C13H20FN/c1-3-8-15-9-4-5-12-7-6-11(2)13(14)10-12/h6-7,10,15H,3-5,8-9H2,1-2H3. The number of nitrogens with one attached hydrogen (secondary N) is 1. The molecule has 0 spiro atoms. The van der Waals surface area contributed by atoms with Crippen molar-refractivity contribution in [1.82, 2.24) is 5.32 Å². The van der Waals surface area contributed by atoms with Crippen LogP contribution in [0.5, 0.6) is 0 Å². The highest BCUT2D eigenvalue weighted by molar-refractivity contribution is 5.23. The van der Waals surface area contributed by atoms with Crippen molar-refractivity contribution in [2.75, 3.05) is 13.1 Å². The minimum absolute atomic E-state index is 0.0889. The fourth-order valence-electron chi connectivity index (χ4n) is 1.51. The summed E-state index contributed by atoms with van der Waals surface area (Å²) in [6.45, 7) is 6.04. The third kappa shape index (κ3) is 4.43. The Morgan fingerprint density at radius 1 is 1.27 bits per heavy atom. The second-order valence-corrected chi connectivity index (χ2v) is 3.94. The SMILES string of the molecule is CCCNCCCc1ccc(C)c(F)c1. The fourth-order valence-corrected chi connectivity index (χ4v) is 1.51. The molecule has 0 atom stereocenters. The fraction of sp³-hybridized carbons (Fsp3) is 0.538. The molecule has 1 N–H and O–H groups in total. The zero-order chi connectivity index (χ0) is 11.1. The normalized spacial score (nSPS) is 10.6. The molecule has 0 bridgehead atoms. The second kappa shape index (κ2) is 6.57. The molecule has 84 valence electrons. The van der Waals surface area contributed by atoms with Crippen molar-refractivity contribution in [3.05, 3.63) is 35.1 Å².